The van der Waals surface area contributed by atoms with Crippen LogP contribution in [0.5, 0.6) is 0 Å². The number of para-hydroxylation sites is 1. The average molecular weight is 255 g/mol. The Kier molecular flexibility index (Phi) is 3.91. The largest absolute Gasteiger partial charge is 0.388 e. The zero-order valence-electron chi connectivity index (χ0n) is 11.7. The van der Waals surface area contributed by atoms with Gasteiger partial charge < -0.3 is 10.4 Å². The fourth-order valence-corrected chi connectivity index (χ4v) is 1.89. The highest BCUT2D eigenvalue weighted by atomic mass is 16.3. The maximum absolute atomic E-state index is 10.0. The first-order chi connectivity index (χ1) is 8.98. The van der Waals surface area contributed by atoms with Crippen molar-refractivity contribution in [3.8, 4) is 11.1 Å². The molecule has 0 saturated heterocycles. The Bertz CT molecular complexity index is 528. The first-order valence-electron chi connectivity index (χ1n) is 6.62. The lowest BCUT2D eigenvalue weighted by molar-refractivity contribution is 0.0649. The Hall–Kier alpha value is -1.80. The van der Waals surface area contributed by atoms with Crippen molar-refractivity contribution in [1.29, 1.82) is 0 Å². The number of benzene rings is 2. The van der Waals surface area contributed by atoms with Crippen LogP contribution >= 0.6 is 0 Å². The van der Waals surface area contributed by atoms with Gasteiger partial charge in [-0.05, 0) is 32.4 Å². The van der Waals surface area contributed by atoms with Gasteiger partial charge in [0.2, 0.25) is 0 Å². The molecule has 0 radical (unpaired) electrons. The SMILES string of the molecule is CC(Nc1ccccc1-c1ccccc1)C(C)(C)O. The fraction of sp³-hybridized carbons (Fsp3) is 0.294. The van der Waals surface area contributed by atoms with Crippen LogP contribution in [-0.4, -0.2) is 16.7 Å². The highest BCUT2D eigenvalue weighted by Crippen LogP contribution is 2.29. The van der Waals surface area contributed by atoms with Crippen LogP contribution in [0.4, 0.5) is 5.69 Å². The number of nitrogens with one attached hydrogen (secondary N) is 1. The summed E-state index contributed by atoms with van der Waals surface area (Å²) in [4.78, 5) is 0. The Morgan fingerprint density at radius 2 is 1.53 bits per heavy atom. The van der Waals surface area contributed by atoms with Crippen LogP contribution in [0.1, 0.15) is 20.8 Å². The molecule has 2 heteroatoms. The zero-order chi connectivity index (χ0) is 13.9. The number of anilines is 1. The highest BCUT2D eigenvalue weighted by molar-refractivity contribution is 5.77. The van der Waals surface area contributed by atoms with E-state index in [2.05, 4.69) is 23.5 Å². The van der Waals surface area contributed by atoms with Gasteiger partial charge in [-0.1, -0.05) is 48.5 Å². The Morgan fingerprint density at radius 1 is 0.947 bits per heavy atom. The molecule has 100 valence electrons. The molecule has 0 fully saturated rings. The van der Waals surface area contributed by atoms with E-state index in [0.29, 0.717) is 0 Å². The Balaban J connectivity index is 2.32. The van der Waals surface area contributed by atoms with Crippen LogP contribution in [0.3, 0.4) is 0 Å². The van der Waals surface area contributed by atoms with Gasteiger partial charge in [0.25, 0.3) is 0 Å². The zero-order valence-corrected chi connectivity index (χ0v) is 11.7. The number of rotatable bonds is 4. The molecular formula is C17H21NO. The van der Waals surface area contributed by atoms with Gasteiger partial charge in [-0.3, -0.25) is 0 Å². The maximum Gasteiger partial charge on any atom is 0.0789 e. The lowest BCUT2D eigenvalue weighted by Crippen LogP contribution is -2.39. The van der Waals surface area contributed by atoms with Crippen molar-refractivity contribution in [3.63, 3.8) is 0 Å². The highest BCUT2D eigenvalue weighted by Gasteiger charge is 2.22. The van der Waals surface area contributed by atoms with E-state index < -0.39 is 5.60 Å². The molecule has 0 spiro atoms. The minimum absolute atomic E-state index is 0.0302. The van der Waals surface area contributed by atoms with E-state index in [1.807, 2.05) is 57.2 Å². The normalized spacial score (nSPS) is 13.1. The first kappa shape index (κ1) is 13.6. The lowest BCUT2D eigenvalue weighted by Gasteiger charge is -2.28. The number of hydrogen-bond donors (Lipinski definition) is 2. The summed E-state index contributed by atoms with van der Waals surface area (Å²) in [6.07, 6.45) is 0. The third-order valence-electron chi connectivity index (χ3n) is 3.44. The molecular weight excluding hydrogens is 234 g/mol. The molecule has 2 rings (SSSR count). The van der Waals surface area contributed by atoms with Gasteiger partial charge in [-0.2, -0.15) is 0 Å². The van der Waals surface area contributed by atoms with Crippen LogP contribution in [0, 0.1) is 0 Å². The van der Waals surface area contributed by atoms with Crippen molar-refractivity contribution in [1.82, 2.24) is 0 Å². The standard InChI is InChI=1S/C17H21NO/c1-13(17(2,3)19)18-16-12-8-7-11-15(16)14-9-5-4-6-10-14/h4-13,18-19H,1-3H3. The molecule has 1 atom stereocenters. The van der Waals surface area contributed by atoms with E-state index in [1.165, 1.54) is 5.56 Å². The molecule has 0 saturated carbocycles. The van der Waals surface area contributed by atoms with Crippen molar-refractivity contribution in [2.45, 2.75) is 32.4 Å². The van der Waals surface area contributed by atoms with Crippen LogP contribution in [-0.2, 0) is 0 Å². The van der Waals surface area contributed by atoms with Gasteiger partial charge in [0.15, 0.2) is 0 Å². The predicted octanol–water partition coefficient (Wildman–Crippen LogP) is 3.92. The van der Waals surface area contributed by atoms with Gasteiger partial charge in [0.05, 0.1) is 11.6 Å². The van der Waals surface area contributed by atoms with Crippen molar-refractivity contribution in [3.05, 3.63) is 54.6 Å². The van der Waals surface area contributed by atoms with E-state index >= 15 is 0 Å². The van der Waals surface area contributed by atoms with Crippen LogP contribution in [0.2, 0.25) is 0 Å². The second-order valence-electron chi connectivity index (χ2n) is 5.43. The summed E-state index contributed by atoms with van der Waals surface area (Å²) in [6, 6.07) is 18.4. The monoisotopic (exact) mass is 255 g/mol. The molecule has 0 aliphatic carbocycles. The van der Waals surface area contributed by atoms with Gasteiger partial charge in [0.1, 0.15) is 0 Å². The smallest absolute Gasteiger partial charge is 0.0789 e. The van der Waals surface area contributed by atoms with Crippen LogP contribution in [0.15, 0.2) is 54.6 Å². The average Bonchev–Trinajstić information content (AvgIpc) is 2.39. The summed E-state index contributed by atoms with van der Waals surface area (Å²) in [5.41, 5.74) is 2.61. The van der Waals surface area contributed by atoms with Crippen molar-refractivity contribution >= 4 is 5.69 Å². The second-order valence-corrected chi connectivity index (χ2v) is 5.43. The summed E-state index contributed by atoms with van der Waals surface area (Å²) in [5.74, 6) is 0. The minimum atomic E-state index is -0.760. The van der Waals surface area contributed by atoms with E-state index in [0.717, 1.165) is 11.3 Å². The summed E-state index contributed by atoms with van der Waals surface area (Å²) in [7, 11) is 0. The molecule has 19 heavy (non-hydrogen) atoms. The molecule has 1 unspecified atom stereocenters. The molecule has 0 heterocycles. The van der Waals surface area contributed by atoms with Gasteiger partial charge >= 0.3 is 0 Å². The number of aliphatic hydroxyl groups is 1. The molecule has 2 N–H and O–H groups in total. The molecule has 2 aromatic rings. The third kappa shape index (κ3) is 3.36. The maximum atomic E-state index is 10.0. The molecule has 0 aromatic heterocycles. The second kappa shape index (κ2) is 5.45. The van der Waals surface area contributed by atoms with E-state index in [-0.39, 0.29) is 6.04 Å². The van der Waals surface area contributed by atoms with Gasteiger partial charge in [-0.15, -0.1) is 0 Å². The molecule has 0 bridgehead atoms. The van der Waals surface area contributed by atoms with Gasteiger partial charge in [-0.25, -0.2) is 0 Å². The van der Waals surface area contributed by atoms with Gasteiger partial charge in [0, 0.05) is 11.3 Å². The summed E-state index contributed by atoms with van der Waals surface area (Å²) >= 11 is 0. The lowest BCUT2D eigenvalue weighted by atomic mass is 9.98. The molecule has 2 aromatic carbocycles. The molecule has 0 aliphatic heterocycles. The fourth-order valence-electron chi connectivity index (χ4n) is 1.89. The quantitative estimate of drug-likeness (QED) is 0.867. The molecule has 2 nitrogen and oxygen atoms in total. The van der Waals surface area contributed by atoms with Crippen molar-refractivity contribution < 1.29 is 5.11 Å². The first-order valence-corrected chi connectivity index (χ1v) is 6.62. The molecule has 0 amide bonds. The summed E-state index contributed by atoms with van der Waals surface area (Å²) < 4.78 is 0. The Labute approximate surface area is 115 Å². The van der Waals surface area contributed by atoms with E-state index in [1.54, 1.807) is 0 Å². The summed E-state index contributed by atoms with van der Waals surface area (Å²) in [5, 5.41) is 13.4. The number of hydrogen-bond acceptors (Lipinski definition) is 2. The van der Waals surface area contributed by atoms with Crippen LogP contribution in [0.25, 0.3) is 11.1 Å². The van der Waals surface area contributed by atoms with Crippen molar-refractivity contribution in [2.75, 3.05) is 5.32 Å². The topological polar surface area (TPSA) is 32.3 Å². The summed E-state index contributed by atoms with van der Waals surface area (Å²) in [6.45, 7) is 5.62. The minimum Gasteiger partial charge on any atom is -0.388 e. The Morgan fingerprint density at radius 3 is 2.16 bits per heavy atom. The van der Waals surface area contributed by atoms with Crippen molar-refractivity contribution in [2.24, 2.45) is 0 Å². The molecule has 0 aliphatic rings. The van der Waals surface area contributed by atoms with E-state index in [4.69, 9.17) is 0 Å². The predicted molar refractivity (Wildman–Crippen MR) is 81.3 cm³/mol. The van der Waals surface area contributed by atoms with Crippen LogP contribution < -0.4 is 5.32 Å². The third-order valence-corrected chi connectivity index (χ3v) is 3.44. The van der Waals surface area contributed by atoms with E-state index in [9.17, 15) is 5.11 Å².